The zero-order chi connectivity index (χ0) is 17.7. The SMILES string of the molecule is CC(C)NC(=S)Nc1cccc(S(=O)(=O)Nc2cccc(Cl)c2)c1. The summed E-state index contributed by atoms with van der Waals surface area (Å²) in [5.74, 6) is 0. The zero-order valence-electron chi connectivity index (χ0n) is 13.2. The van der Waals surface area contributed by atoms with Crippen LogP contribution in [-0.4, -0.2) is 19.6 Å². The molecule has 24 heavy (non-hydrogen) atoms. The van der Waals surface area contributed by atoms with Gasteiger partial charge in [0.25, 0.3) is 10.0 Å². The molecule has 0 bridgehead atoms. The molecule has 2 aromatic rings. The van der Waals surface area contributed by atoms with Gasteiger partial charge in [0, 0.05) is 16.8 Å². The van der Waals surface area contributed by atoms with Crippen molar-refractivity contribution < 1.29 is 8.42 Å². The van der Waals surface area contributed by atoms with Crippen LogP contribution in [-0.2, 0) is 10.0 Å². The summed E-state index contributed by atoms with van der Waals surface area (Å²) in [5, 5.41) is 6.89. The van der Waals surface area contributed by atoms with Gasteiger partial charge in [-0.15, -0.1) is 0 Å². The number of hydrogen-bond donors (Lipinski definition) is 3. The molecule has 2 aromatic carbocycles. The molecule has 0 fully saturated rings. The summed E-state index contributed by atoms with van der Waals surface area (Å²) < 4.78 is 27.5. The van der Waals surface area contributed by atoms with E-state index in [1.54, 1.807) is 36.4 Å². The zero-order valence-corrected chi connectivity index (χ0v) is 15.6. The Labute approximate surface area is 152 Å². The third-order valence-corrected chi connectivity index (χ3v) is 4.73. The minimum Gasteiger partial charge on any atom is -0.360 e. The van der Waals surface area contributed by atoms with Gasteiger partial charge in [-0.25, -0.2) is 8.42 Å². The van der Waals surface area contributed by atoms with E-state index in [4.69, 9.17) is 23.8 Å². The number of benzene rings is 2. The number of halogens is 1. The van der Waals surface area contributed by atoms with Crippen molar-refractivity contribution >= 4 is 50.3 Å². The van der Waals surface area contributed by atoms with Crippen LogP contribution in [0.4, 0.5) is 11.4 Å². The largest absolute Gasteiger partial charge is 0.360 e. The fraction of sp³-hybridized carbons (Fsp3) is 0.188. The predicted molar refractivity (Wildman–Crippen MR) is 103 cm³/mol. The fourth-order valence-corrected chi connectivity index (χ4v) is 3.58. The molecule has 0 atom stereocenters. The van der Waals surface area contributed by atoms with Crippen LogP contribution in [0.3, 0.4) is 0 Å². The van der Waals surface area contributed by atoms with Crippen LogP contribution in [0.5, 0.6) is 0 Å². The Morgan fingerprint density at radius 1 is 1.08 bits per heavy atom. The van der Waals surface area contributed by atoms with E-state index >= 15 is 0 Å². The van der Waals surface area contributed by atoms with Gasteiger partial charge in [-0.2, -0.15) is 0 Å². The molecule has 3 N–H and O–H groups in total. The highest BCUT2D eigenvalue weighted by molar-refractivity contribution is 7.92. The van der Waals surface area contributed by atoms with E-state index in [2.05, 4.69) is 15.4 Å². The molecule has 128 valence electrons. The van der Waals surface area contributed by atoms with Crippen molar-refractivity contribution in [3.63, 3.8) is 0 Å². The Morgan fingerprint density at radius 3 is 2.42 bits per heavy atom. The molecule has 0 amide bonds. The fourth-order valence-electron chi connectivity index (χ4n) is 1.94. The maximum atomic E-state index is 12.5. The average molecular weight is 384 g/mol. The molecule has 0 unspecified atom stereocenters. The Bertz CT molecular complexity index is 839. The smallest absolute Gasteiger partial charge is 0.261 e. The van der Waals surface area contributed by atoms with Crippen LogP contribution >= 0.6 is 23.8 Å². The van der Waals surface area contributed by atoms with Crippen molar-refractivity contribution in [2.75, 3.05) is 10.0 Å². The molecule has 0 heterocycles. The summed E-state index contributed by atoms with van der Waals surface area (Å²) in [6, 6.07) is 13.1. The first-order valence-corrected chi connectivity index (χ1v) is 9.49. The van der Waals surface area contributed by atoms with Gasteiger partial charge < -0.3 is 10.6 Å². The maximum Gasteiger partial charge on any atom is 0.261 e. The van der Waals surface area contributed by atoms with Crippen molar-refractivity contribution in [3.8, 4) is 0 Å². The molecule has 0 aliphatic rings. The molecule has 8 heteroatoms. The number of rotatable bonds is 5. The first kappa shape index (κ1) is 18.5. The second-order valence-electron chi connectivity index (χ2n) is 5.40. The molecule has 0 radical (unpaired) electrons. The minimum absolute atomic E-state index is 0.125. The van der Waals surface area contributed by atoms with Gasteiger partial charge >= 0.3 is 0 Å². The Balaban J connectivity index is 2.18. The number of sulfonamides is 1. The lowest BCUT2D eigenvalue weighted by molar-refractivity contribution is 0.601. The molecule has 5 nitrogen and oxygen atoms in total. The van der Waals surface area contributed by atoms with Crippen LogP contribution in [0.25, 0.3) is 0 Å². The van der Waals surface area contributed by atoms with Crippen molar-refractivity contribution in [2.45, 2.75) is 24.8 Å². The summed E-state index contributed by atoms with van der Waals surface area (Å²) in [5.41, 5.74) is 0.986. The molecular formula is C16H18ClN3O2S2. The van der Waals surface area contributed by atoms with E-state index in [0.29, 0.717) is 21.5 Å². The molecule has 0 aliphatic heterocycles. The van der Waals surface area contributed by atoms with Crippen molar-refractivity contribution in [1.82, 2.24) is 5.32 Å². The third kappa shape index (κ3) is 5.36. The topological polar surface area (TPSA) is 70.2 Å². The second kappa shape index (κ2) is 7.83. The molecule has 0 aromatic heterocycles. The molecule has 0 spiro atoms. The standard InChI is InChI=1S/C16H18ClN3O2S2/c1-11(2)18-16(23)19-13-6-4-8-15(10-13)24(21,22)20-14-7-3-5-12(17)9-14/h3-11,20H,1-2H3,(H2,18,19,23). The maximum absolute atomic E-state index is 12.5. The lowest BCUT2D eigenvalue weighted by atomic mass is 10.3. The van der Waals surface area contributed by atoms with Crippen LogP contribution in [0.1, 0.15) is 13.8 Å². The summed E-state index contributed by atoms with van der Waals surface area (Å²) >= 11 is 11.0. The Kier molecular flexibility index (Phi) is 6.04. The Hall–Kier alpha value is -1.83. The normalized spacial score (nSPS) is 11.2. The first-order chi connectivity index (χ1) is 11.3. The predicted octanol–water partition coefficient (Wildman–Crippen LogP) is 3.84. The summed E-state index contributed by atoms with van der Waals surface area (Å²) in [7, 11) is -3.72. The van der Waals surface area contributed by atoms with Crippen molar-refractivity contribution in [2.24, 2.45) is 0 Å². The van der Waals surface area contributed by atoms with Gasteiger partial charge in [0.2, 0.25) is 0 Å². The highest BCUT2D eigenvalue weighted by atomic mass is 35.5. The van der Waals surface area contributed by atoms with Crippen LogP contribution in [0, 0.1) is 0 Å². The van der Waals surface area contributed by atoms with Crippen LogP contribution in [0.2, 0.25) is 5.02 Å². The number of thiocarbonyl (C=S) groups is 1. The highest BCUT2D eigenvalue weighted by Crippen LogP contribution is 2.21. The monoisotopic (exact) mass is 383 g/mol. The van der Waals surface area contributed by atoms with Gasteiger partial charge in [-0.3, -0.25) is 4.72 Å². The lowest BCUT2D eigenvalue weighted by Gasteiger charge is -2.14. The molecule has 0 saturated carbocycles. The number of anilines is 2. The van der Waals surface area contributed by atoms with Crippen LogP contribution in [0.15, 0.2) is 53.4 Å². The minimum atomic E-state index is -3.72. The summed E-state index contributed by atoms with van der Waals surface area (Å²) in [6.07, 6.45) is 0. The van der Waals surface area contributed by atoms with E-state index < -0.39 is 10.0 Å². The van der Waals surface area contributed by atoms with Gasteiger partial charge in [-0.1, -0.05) is 23.7 Å². The lowest BCUT2D eigenvalue weighted by Crippen LogP contribution is -2.33. The second-order valence-corrected chi connectivity index (χ2v) is 7.92. The van der Waals surface area contributed by atoms with Gasteiger partial charge in [0.05, 0.1) is 10.6 Å². The molecule has 0 saturated heterocycles. The van der Waals surface area contributed by atoms with Gasteiger partial charge in [0.1, 0.15) is 0 Å². The number of nitrogens with one attached hydrogen (secondary N) is 3. The van der Waals surface area contributed by atoms with E-state index in [0.717, 1.165) is 0 Å². The summed E-state index contributed by atoms with van der Waals surface area (Å²) in [4.78, 5) is 0.125. The van der Waals surface area contributed by atoms with E-state index in [9.17, 15) is 8.42 Å². The first-order valence-electron chi connectivity index (χ1n) is 7.22. The molecule has 2 rings (SSSR count). The highest BCUT2D eigenvalue weighted by Gasteiger charge is 2.15. The van der Waals surface area contributed by atoms with E-state index in [1.165, 1.54) is 12.1 Å². The van der Waals surface area contributed by atoms with Crippen molar-refractivity contribution in [3.05, 3.63) is 53.6 Å². The number of hydrogen-bond acceptors (Lipinski definition) is 3. The van der Waals surface area contributed by atoms with Gasteiger partial charge in [-0.05, 0) is 62.5 Å². The molecule has 0 aliphatic carbocycles. The van der Waals surface area contributed by atoms with E-state index in [1.807, 2.05) is 13.8 Å². The summed E-state index contributed by atoms with van der Waals surface area (Å²) in [6.45, 7) is 3.92. The average Bonchev–Trinajstić information content (AvgIpc) is 2.46. The van der Waals surface area contributed by atoms with E-state index in [-0.39, 0.29) is 10.9 Å². The van der Waals surface area contributed by atoms with Crippen LogP contribution < -0.4 is 15.4 Å². The van der Waals surface area contributed by atoms with Crippen molar-refractivity contribution in [1.29, 1.82) is 0 Å². The quantitative estimate of drug-likeness (QED) is 0.684. The van der Waals surface area contributed by atoms with Gasteiger partial charge in [0.15, 0.2) is 5.11 Å². The Morgan fingerprint density at radius 2 is 1.75 bits per heavy atom. The molecular weight excluding hydrogens is 366 g/mol. The third-order valence-electron chi connectivity index (χ3n) is 2.90.